The first-order valence-corrected chi connectivity index (χ1v) is 8.72. The van der Waals surface area contributed by atoms with Crippen LogP contribution in [0.15, 0.2) is 48.5 Å². The van der Waals surface area contributed by atoms with Gasteiger partial charge in [0.25, 0.3) is 0 Å². The van der Waals surface area contributed by atoms with Crippen LogP contribution in [0.4, 0.5) is 14.5 Å². The van der Waals surface area contributed by atoms with Crippen LogP contribution in [0, 0.1) is 17.0 Å². The second-order valence-electron chi connectivity index (χ2n) is 6.63. The van der Waals surface area contributed by atoms with Crippen molar-refractivity contribution in [1.29, 1.82) is 0 Å². The lowest BCUT2D eigenvalue weighted by Gasteiger charge is -2.29. The van der Waals surface area contributed by atoms with E-state index in [9.17, 15) is 18.4 Å². The molecule has 0 aliphatic heterocycles. The van der Waals surface area contributed by atoms with Crippen LogP contribution < -0.4 is 4.90 Å². The summed E-state index contributed by atoms with van der Waals surface area (Å²) < 4.78 is 27.5. The van der Waals surface area contributed by atoms with Crippen LogP contribution >= 0.6 is 11.6 Å². The van der Waals surface area contributed by atoms with Crippen LogP contribution in [-0.2, 0) is 16.0 Å². The van der Waals surface area contributed by atoms with Crippen molar-refractivity contribution >= 4 is 29.1 Å². The second kappa shape index (κ2) is 8.41. The molecule has 0 radical (unpaired) electrons. The molecule has 3 nitrogen and oxygen atoms in total. The molecule has 0 bridgehead atoms. The van der Waals surface area contributed by atoms with Crippen molar-refractivity contribution < 1.29 is 18.4 Å². The highest BCUT2D eigenvalue weighted by atomic mass is 35.5. The Morgan fingerprint density at radius 3 is 2.31 bits per heavy atom. The fraction of sp³-hybridized carbons (Fsp3) is 0.300. The summed E-state index contributed by atoms with van der Waals surface area (Å²) in [4.78, 5) is 26.4. The smallest absolute Gasteiger partial charge is 0.240 e. The van der Waals surface area contributed by atoms with E-state index in [2.05, 4.69) is 0 Å². The predicted molar refractivity (Wildman–Crippen MR) is 98.1 cm³/mol. The average molecular weight is 380 g/mol. The molecule has 2 amide bonds. The standard InChI is InChI=1S/C20H20ClF2NO2/c1-20(2,13-21)19(26)24(17-10-9-15(22)12-16(17)23)18(25)11-8-14-6-4-3-5-7-14/h3-7,9-10,12H,8,11,13H2,1-2H3. The van der Waals surface area contributed by atoms with E-state index in [1.165, 1.54) is 0 Å². The van der Waals surface area contributed by atoms with Gasteiger partial charge in [0, 0.05) is 18.4 Å². The Labute approximate surface area is 156 Å². The molecule has 0 spiro atoms. The summed E-state index contributed by atoms with van der Waals surface area (Å²) in [7, 11) is 0. The lowest BCUT2D eigenvalue weighted by atomic mass is 9.93. The van der Waals surface area contributed by atoms with Crippen molar-refractivity contribution in [2.24, 2.45) is 5.41 Å². The number of anilines is 1. The van der Waals surface area contributed by atoms with Gasteiger partial charge >= 0.3 is 0 Å². The number of imide groups is 1. The molecule has 2 aromatic rings. The van der Waals surface area contributed by atoms with Crippen molar-refractivity contribution in [3.63, 3.8) is 0 Å². The number of aryl methyl sites for hydroxylation is 1. The van der Waals surface area contributed by atoms with Gasteiger partial charge in [0.05, 0.1) is 11.1 Å². The first-order chi connectivity index (χ1) is 12.3. The molecule has 0 heterocycles. The Balaban J connectivity index is 2.33. The Bertz CT molecular complexity index is 794. The van der Waals surface area contributed by atoms with Gasteiger partial charge in [-0.15, -0.1) is 11.6 Å². The number of benzene rings is 2. The summed E-state index contributed by atoms with van der Waals surface area (Å²) in [5, 5.41) is 0. The number of carbonyl (C=O) groups excluding carboxylic acids is 2. The van der Waals surface area contributed by atoms with Gasteiger partial charge < -0.3 is 0 Å². The lowest BCUT2D eigenvalue weighted by molar-refractivity contribution is -0.131. The van der Waals surface area contributed by atoms with Gasteiger partial charge in [-0.25, -0.2) is 13.7 Å². The van der Waals surface area contributed by atoms with Gasteiger partial charge in [-0.3, -0.25) is 9.59 Å². The van der Waals surface area contributed by atoms with Crippen molar-refractivity contribution in [3.05, 3.63) is 65.7 Å². The third kappa shape index (κ3) is 4.67. The first-order valence-electron chi connectivity index (χ1n) is 8.18. The molecule has 0 fully saturated rings. The molecule has 138 valence electrons. The zero-order valence-corrected chi connectivity index (χ0v) is 15.4. The Hall–Kier alpha value is -2.27. The molecule has 0 aliphatic carbocycles. The van der Waals surface area contributed by atoms with Crippen molar-refractivity contribution in [1.82, 2.24) is 0 Å². The Morgan fingerprint density at radius 1 is 1.08 bits per heavy atom. The van der Waals surface area contributed by atoms with E-state index in [1.54, 1.807) is 13.8 Å². The van der Waals surface area contributed by atoms with Gasteiger partial charge in [0.15, 0.2) is 0 Å². The summed E-state index contributed by atoms with van der Waals surface area (Å²) in [6.45, 7) is 3.14. The molecule has 0 unspecified atom stereocenters. The molecule has 6 heteroatoms. The summed E-state index contributed by atoms with van der Waals surface area (Å²) in [6, 6.07) is 12.0. The normalized spacial score (nSPS) is 11.3. The van der Waals surface area contributed by atoms with E-state index in [-0.39, 0.29) is 18.0 Å². The summed E-state index contributed by atoms with van der Waals surface area (Å²) in [6.07, 6.45) is 0.401. The van der Waals surface area contributed by atoms with E-state index < -0.39 is 28.9 Å². The zero-order chi connectivity index (χ0) is 19.3. The number of halogens is 3. The molecule has 2 rings (SSSR count). The number of hydrogen-bond acceptors (Lipinski definition) is 2. The maximum atomic E-state index is 14.3. The maximum Gasteiger partial charge on any atom is 0.240 e. The maximum absolute atomic E-state index is 14.3. The predicted octanol–water partition coefficient (Wildman–Crippen LogP) is 4.72. The molecule has 0 saturated carbocycles. The van der Waals surface area contributed by atoms with Crippen LogP contribution in [0.1, 0.15) is 25.8 Å². The average Bonchev–Trinajstić information content (AvgIpc) is 2.62. The quantitative estimate of drug-likeness (QED) is 0.681. The minimum Gasteiger partial charge on any atom is -0.274 e. The van der Waals surface area contributed by atoms with E-state index in [0.717, 1.165) is 22.6 Å². The van der Waals surface area contributed by atoms with Crippen LogP contribution in [0.2, 0.25) is 0 Å². The third-order valence-electron chi connectivity index (χ3n) is 3.99. The SMILES string of the molecule is CC(C)(CCl)C(=O)N(C(=O)CCc1ccccc1)c1ccc(F)cc1F. The van der Waals surface area contributed by atoms with Gasteiger partial charge in [0.1, 0.15) is 11.6 Å². The van der Waals surface area contributed by atoms with Crippen molar-refractivity contribution in [2.45, 2.75) is 26.7 Å². The number of amides is 2. The van der Waals surface area contributed by atoms with Crippen molar-refractivity contribution in [3.8, 4) is 0 Å². The highest BCUT2D eigenvalue weighted by Gasteiger charge is 2.36. The number of alkyl halides is 1. The fourth-order valence-electron chi connectivity index (χ4n) is 2.39. The van der Waals surface area contributed by atoms with Crippen LogP contribution in [0.25, 0.3) is 0 Å². The summed E-state index contributed by atoms with van der Waals surface area (Å²) in [5.74, 6) is -3.00. The zero-order valence-electron chi connectivity index (χ0n) is 14.6. The minimum atomic E-state index is -1.08. The summed E-state index contributed by atoms with van der Waals surface area (Å²) in [5.41, 5.74) is -0.429. The van der Waals surface area contributed by atoms with Gasteiger partial charge in [-0.05, 0) is 38.0 Å². The fourth-order valence-corrected chi connectivity index (χ4v) is 2.50. The third-order valence-corrected chi connectivity index (χ3v) is 4.65. The monoisotopic (exact) mass is 379 g/mol. The molecule has 0 saturated heterocycles. The van der Waals surface area contributed by atoms with E-state index in [4.69, 9.17) is 11.6 Å². The van der Waals surface area contributed by atoms with Gasteiger partial charge in [0.2, 0.25) is 11.8 Å². The minimum absolute atomic E-state index is 0.00490. The number of rotatable bonds is 6. The van der Waals surface area contributed by atoms with E-state index in [0.29, 0.717) is 12.5 Å². The van der Waals surface area contributed by atoms with Gasteiger partial charge in [-0.2, -0.15) is 0 Å². The topological polar surface area (TPSA) is 37.4 Å². The number of nitrogens with zero attached hydrogens (tertiary/aromatic N) is 1. The van der Waals surface area contributed by atoms with Crippen LogP contribution in [0.3, 0.4) is 0 Å². The Kier molecular flexibility index (Phi) is 6.48. The molecule has 26 heavy (non-hydrogen) atoms. The van der Waals surface area contributed by atoms with E-state index in [1.807, 2.05) is 30.3 Å². The summed E-state index contributed by atoms with van der Waals surface area (Å²) >= 11 is 5.85. The molecule has 0 atom stereocenters. The lowest BCUT2D eigenvalue weighted by Crippen LogP contribution is -2.46. The highest BCUT2D eigenvalue weighted by molar-refractivity contribution is 6.23. The van der Waals surface area contributed by atoms with E-state index >= 15 is 0 Å². The number of hydrogen-bond donors (Lipinski definition) is 0. The first kappa shape index (κ1) is 20.0. The molecular formula is C20H20ClF2NO2. The molecule has 0 N–H and O–H groups in total. The molecule has 0 aliphatic rings. The largest absolute Gasteiger partial charge is 0.274 e. The van der Waals surface area contributed by atoms with Crippen molar-refractivity contribution in [2.75, 3.05) is 10.8 Å². The van der Waals surface area contributed by atoms with Crippen LogP contribution in [-0.4, -0.2) is 17.7 Å². The molecule has 0 aromatic heterocycles. The number of carbonyl (C=O) groups is 2. The molecule has 2 aromatic carbocycles. The van der Waals surface area contributed by atoms with Crippen LogP contribution in [0.5, 0.6) is 0 Å². The highest BCUT2D eigenvalue weighted by Crippen LogP contribution is 2.28. The van der Waals surface area contributed by atoms with Gasteiger partial charge in [-0.1, -0.05) is 30.3 Å². The molecular weight excluding hydrogens is 360 g/mol. The second-order valence-corrected chi connectivity index (χ2v) is 6.90. The Morgan fingerprint density at radius 2 is 1.73 bits per heavy atom.